The molecule has 2 unspecified atom stereocenters. The second-order valence-electron chi connectivity index (χ2n) is 5.01. The van der Waals surface area contributed by atoms with Crippen LogP contribution in [0.15, 0.2) is 24.3 Å². The molecular formula is C16H21N. The second-order valence-corrected chi connectivity index (χ2v) is 5.01. The summed E-state index contributed by atoms with van der Waals surface area (Å²) in [6, 6.07) is 8.80. The summed E-state index contributed by atoms with van der Waals surface area (Å²) in [6.07, 6.45) is 12.1. The third-order valence-electron chi connectivity index (χ3n) is 3.76. The molecule has 0 heterocycles. The minimum Gasteiger partial charge on any atom is -0.382 e. The predicted octanol–water partition coefficient (Wildman–Crippen LogP) is 4.05. The fourth-order valence-corrected chi connectivity index (χ4v) is 2.73. The standard InChI is InChI=1S/C16H21N/c1-3-13-7-5-9-15(11-13)17-16-10-6-8-14(4-2)12-16/h1,5,7,9,11,14,16-17H,4,6,8,10,12H2,2H3. The summed E-state index contributed by atoms with van der Waals surface area (Å²) in [5.41, 5.74) is 2.13. The summed E-state index contributed by atoms with van der Waals surface area (Å²) in [4.78, 5) is 0. The number of hydrogen-bond acceptors (Lipinski definition) is 1. The minimum atomic E-state index is 0.627. The van der Waals surface area contributed by atoms with Crippen molar-refractivity contribution in [3.05, 3.63) is 29.8 Å². The smallest absolute Gasteiger partial charge is 0.0354 e. The van der Waals surface area contributed by atoms with E-state index in [9.17, 15) is 0 Å². The molecule has 1 fully saturated rings. The molecule has 90 valence electrons. The van der Waals surface area contributed by atoms with Crippen LogP contribution < -0.4 is 5.32 Å². The maximum absolute atomic E-state index is 5.42. The molecule has 1 saturated carbocycles. The van der Waals surface area contributed by atoms with Gasteiger partial charge in [0, 0.05) is 17.3 Å². The first-order chi connectivity index (χ1) is 8.31. The van der Waals surface area contributed by atoms with Crippen LogP contribution in [-0.2, 0) is 0 Å². The van der Waals surface area contributed by atoms with Gasteiger partial charge in [-0.3, -0.25) is 0 Å². The van der Waals surface area contributed by atoms with Gasteiger partial charge in [0.15, 0.2) is 0 Å². The van der Waals surface area contributed by atoms with Crippen LogP contribution in [0.4, 0.5) is 5.69 Å². The van der Waals surface area contributed by atoms with Gasteiger partial charge in [0.1, 0.15) is 0 Å². The van der Waals surface area contributed by atoms with E-state index in [2.05, 4.69) is 30.3 Å². The molecule has 0 radical (unpaired) electrons. The molecule has 1 N–H and O–H groups in total. The van der Waals surface area contributed by atoms with E-state index in [4.69, 9.17) is 6.42 Å². The van der Waals surface area contributed by atoms with E-state index in [0.29, 0.717) is 6.04 Å². The van der Waals surface area contributed by atoms with Crippen LogP contribution in [0.2, 0.25) is 0 Å². The van der Waals surface area contributed by atoms with Gasteiger partial charge in [0.2, 0.25) is 0 Å². The van der Waals surface area contributed by atoms with Crippen LogP contribution in [0, 0.1) is 18.3 Å². The molecule has 1 nitrogen and oxygen atoms in total. The lowest BCUT2D eigenvalue weighted by Gasteiger charge is -2.29. The summed E-state index contributed by atoms with van der Waals surface area (Å²) in [7, 11) is 0. The number of benzene rings is 1. The number of hydrogen-bond donors (Lipinski definition) is 1. The van der Waals surface area contributed by atoms with Gasteiger partial charge in [-0.25, -0.2) is 0 Å². The Labute approximate surface area is 105 Å². The van der Waals surface area contributed by atoms with Crippen molar-refractivity contribution in [1.82, 2.24) is 0 Å². The monoisotopic (exact) mass is 227 g/mol. The number of nitrogens with one attached hydrogen (secondary N) is 1. The largest absolute Gasteiger partial charge is 0.382 e. The lowest BCUT2D eigenvalue weighted by molar-refractivity contribution is 0.327. The molecule has 1 aliphatic rings. The van der Waals surface area contributed by atoms with Crippen molar-refractivity contribution in [3.8, 4) is 12.3 Å². The van der Waals surface area contributed by atoms with E-state index in [1.165, 1.54) is 37.8 Å². The number of terminal acetylenes is 1. The highest BCUT2D eigenvalue weighted by Crippen LogP contribution is 2.28. The maximum Gasteiger partial charge on any atom is 0.0354 e. The average Bonchev–Trinajstić information content (AvgIpc) is 2.39. The third-order valence-corrected chi connectivity index (χ3v) is 3.76. The molecule has 1 aliphatic carbocycles. The summed E-state index contributed by atoms with van der Waals surface area (Å²) in [6.45, 7) is 2.30. The van der Waals surface area contributed by atoms with E-state index < -0.39 is 0 Å². The van der Waals surface area contributed by atoms with Gasteiger partial charge >= 0.3 is 0 Å². The lowest BCUT2D eigenvalue weighted by Crippen LogP contribution is -2.27. The molecule has 17 heavy (non-hydrogen) atoms. The molecule has 1 aromatic carbocycles. The van der Waals surface area contributed by atoms with Gasteiger partial charge in [-0.05, 0) is 37.0 Å². The zero-order valence-corrected chi connectivity index (χ0v) is 10.6. The normalized spacial score (nSPS) is 24.0. The first-order valence-corrected chi connectivity index (χ1v) is 6.65. The van der Waals surface area contributed by atoms with Gasteiger partial charge in [-0.15, -0.1) is 6.42 Å². The Morgan fingerprint density at radius 1 is 1.41 bits per heavy atom. The highest BCUT2D eigenvalue weighted by Gasteiger charge is 2.20. The molecule has 0 aliphatic heterocycles. The van der Waals surface area contributed by atoms with E-state index in [-0.39, 0.29) is 0 Å². The third kappa shape index (κ3) is 3.27. The van der Waals surface area contributed by atoms with Gasteiger partial charge < -0.3 is 5.32 Å². The average molecular weight is 227 g/mol. The van der Waals surface area contributed by atoms with Crippen LogP contribution in [-0.4, -0.2) is 6.04 Å². The van der Waals surface area contributed by atoms with Crippen molar-refractivity contribution in [2.24, 2.45) is 5.92 Å². The SMILES string of the molecule is C#Cc1cccc(NC2CCCC(CC)C2)c1. The lowest BCUT2D eigenvalue weighted by atomic mass is 9.84. The Balaban J connectivity index is 1.98. The predicted molar refractivity (Wildman–Crippen MR) is 74.0 cm³/mol. The van der Waals surface area contributed by atoms with Crippen molar-refractivity contribution >= 4 is 5.69 Å². The van der Waals surface area contributed by atoms with Crippen molar-refractivity contribution in [1.29, 1.82) is 0 Å². The first-order valence-electron chi connectivity index (χ1n) is 6.65. The van der Waals surface area contributed by atoms with E-state index in [1.807, 2.05) is 12.1 Å². The maximum atomic E-state index is 5.42. The molecule has 0 bridgehead atoms. The fourth-order valence-electron chi connectivity index (χ4n) is 2.73. The molecule has 2 atom stereocenters. The number of rotatable bonds is 3. The molecule has 0 spiro atoms. The van der Waals surface area contributed by atoms with Crippen LogP contribution in [0.1, 0.15) is 44.6 Å². The quantitative estimate of drug-likeness (QED) is 0.768. The summed E-state index contributed by atoms with van der Waals surface area (Å²) in [5.74, 6) is 3.58. The van der Waals surface area contributed by atoms with E-state index >= 15 is 0 Å². The van der Waals surface area contributed by atoms with Crippen molar-refractivity contribution in [3.63, 3.8) is 0 Å². The molecule has 0 aromatic heterocycles. The zero-order chi connectivity index (χ0) is 12.1. The molecular weight excluding hydrogens is 206 g/mol. The Kier molecular flexibility index (Phi) is 4.09. The van der Waals surface area contributed by atoms with Crippen LogP contribution in [0.3, 0.4) is 0 Å². The van der Waals surface area contributed by atoms with E-state index in [1.54, 1.807) is 0 Å². The van der Waals surface area contributed by atoms with Gasteiger partial charge in [0.05, 0.1) is 0 Å². The number of anilines is 1. The van der Waals surface area contributed by atoms with Crippen molar-refractivity contribution in [2.75, 3.05) is 5.32 Å². The summed E-state index contributed by atoms with van der Waals surface area (Å²) >= 11 is 0. The van der Waals surface area contributed by atoms with Crippen LogP contribution in [0.25, 0.3) is 0 Å². The van der Waals surface area contributed by atoms with Gasteiger partial charge in [-0.2, -0.15) is 0 Å². The van der Waals surface area contributed by atoms with Gasteiger partial charge in [0.25, 0.3) is 0 Å². The second kappa shape index (κ2) is 5.77. The Bertz CT molecular complexity index is 402. The Morgan fingerprint density at radius 3 is 3.06 bits per heavy atom. The Hall–Kier alpha value is -1.42. The molecule has 1 aromatic rings. The molecule has 2 rings (SSSR count). The highest BCUT2D eigenvalue weighted by molar-refractivity contribution is 5.50. The molecule has 0 amide bonds. The van der Waals surface area contributed by atoms with Crippen LogP contribution in [0.5, 0.6) is 0 Å². The molecule has 1 heteroatoms. The summed E-state index contributed by atoms with van der Waals surface area (Å²) < 4.78 is 0. The topological polar surface area (TPSA) is 12.0 Å². The fraction of sp³-hybridized carbons (Fsp3) is 0.500. The first kappa shape index (κ1) is 12.0. The molecule has 0 saturated heterocycles. The van der Waals surface area contributed by atoms with Crippen LogP contribution >= 0.6 is 0 Å². The summed E-state index contributed by atoms with van der Waals surface area (Å²) in [5, 5.41) is 3.62. The minimum absolute atomic E-state index is 0.627. The van der Waals surface area contributed by atoms with Gasteiger partial charge in [-0.1, -0.05) is 38.2 Å². The zero-order valence-electron chi connectivity index (χ0n) is 10.6. The van der Waals surface area contributed by atoms with Crippen molar-refractivity contribution in [2.45, 2.75) is 45.1 Å². The highest BCUT2D eigenvalue weighted by atomic mass is 14.9. The Morgan fingerprint density at radius 2 is 2.29 bits per heavy atom. The van der Waals surface area contributed by atoms with Crippen molar-refractivity contribution < 1.29 is 0 Å². The van der Waals surface area contributed by atoms with E-state index in [0.717, 1.165) is 11.5 Å².